The van der Waals surface area contributed by atoms with E-state index in [0.717, 1.165) is 34.9 Å². The van der Waals surface area contributed by atoms with Gasteiger partial charge in [0.05, 0.1) is 6.61 Å². The van der Waals surface area contributed by atoms with Gasteiger partial charge in [-0.2, -0.15) is 0 Å². The second-order valence-electron chi connectivity index (χ2n) is 8.43. The molecule has 0 saturated heterocycles. The zero-order chi connectivity index (χ0) is 22.1. The molecule has 1 aliphatic rings. The van der Waals surface area contributed by atoms with Crippen LogP contribution in [-0.4, -0.2) is 17.5 Å². The van der Waals surface area contributed by atoms with E-state index >= 15 is 0 Å². The molecule has 4 aromatic carbocycles. The summed E-state index contributed by atoms with van der Waals surface area (Å²) in [6.07, 6.45) is 2.46. The van der Waals surface area contributed by atoms with Crippen molar-refractivity contribution in [2.45, 2.75) is 31.8 Å². The van der Waals surface area contributed by atoms with Crippen LogP contribution in [0.3, 0.4) is 0 Å². The maximum atomic E-state index is 13.1. The van der Waals surface area contributed by atoms with Crippen LogP contribution in [0.2, 0.25) is 0 Å². The molecule has 0 heterocycles. The third-order valence-electron chi connectivity index (χ3n) is 6.41. The van der Waals surface area contributed by atoms with Crippen LogP contribution in [0, 0.1) is 0 Å². The number of carbonyl (C=O) groups is 1. The van der Waals surface area contributed by atoms with Crippen molar-refractivity contribution in [2.75, 3.05) is 6.61 Å². The summed E-state index contributed by atoms with van der Waals surface area (Å²) in [6, 6.07) is 27.0. The number of fused-ring (bicyclic) bond motifs is 3. The Bertz CT molecular complexity index is 1260. The number of rotatable bonds is 6. The summed E-state index contributed by atoms with van der Waals surface area (Å²) >= 11 is 0. The normalized spacial score (nSPS) is 14.1. The van der Waals surface area contributed by atoms with Crippen molar-refractivity contribution in [2.24, 2.45) is 0 Å². The Balaban J connectivity index is 1.64. The molecule has 0 atom stereocenters. The van der Waals surface area contributed by atoms with E-state index in [1.807, 2.05) is 60.7 Å². The van der Waals surface area contributed by atoms with Crippen molar-refractivity contribution in [3.63, 3.8) is 0 Å². The number of hydrogen-bond acceptors (Lipinski definition) is 3. The molecule has 5 rings (SSSR count). The molecule has 0 aliphatic heterocycles. The van der Waals surface area contributed by atoms with E-state index in [-0.39, 0.29) is 5.78 Å². The van der Waals surface area contributed by atoms with E-state index in [1.54, 1.807) is 12.1 Å². The number of carbonyl (C=O) groups excluding carboxylic acids is 1. The van der Waals surface area contributed by atoms with Gasteiger partial charge in [-0.15, -0.1) is 0 Å². The summed E-state index contributed by atoms with van der Waals surface area (Å²) < 4.78 is 6.05. The van der Waals surface area contributed by atoms with Crippen molar-refractivity contribution in [3.05, 3.63) is 113 Å². The molecule has 4 aromatic rings. The molecule has 3 nitrogen and oxygen atoms in total. The maximum Gasteiger partial charge on any atom is 0.193 e. The summed E-state index contributed by atoms with van der Waals surface area (Å²) in [5.74, 6) is 0.829. The summed E-state index contributed by atoms with van der Waals surface area (Å²) in [4.78, 5) is 13.1. The Morgan fingerprint density at radius 3 is 2.03 bits per heavy atom. The molecule has 0 radical (unpaired) electrons. The molecule has 1 aliphatic carbocycles. The van der Waals surface area contributed by atoms with Crippen molar-refractivity contribution in [1.29, 1.82) is 0 Å². The van der Waals surface area contributed by atoms with Gasteiger partial charge in [-0.1, -0.05) is 92.2 Å². The third-order valence-corrected chi connectivity index (χ3v) is 6.41. The molecule has 32 heavy (non-hydrogen) atoms. The van der Waals surface area contributed by atoms with Crippen LogP contribution in [0.15, 0.2) is 84.9 Å². The van der Waals surface area contributed by atoms with Crippen LogP contribution < -0.4 is 4.74 Å². The van der Waals surface area contributed by atoms with E-state index in [2.05, 4.69) is 19.1 Å². The fourth-order valence-corrected chi connectivity index (χ4v) is 4.78. The average molecular weight is 423 g/mol. The Hall–Kier alpha value is -3.43. The maximum absolute atomic E-state index is 13.1. The Kier molecular flexibility index (Phi) is 5.28. The first-order chi connectivity index (χ1) is 15.6. The van der Waals surface area contributed by atoms with Crippen LogP contribution in [0.25, 0.3) is 10.8 Å². The van der Waals surface area contributed by atoms with Gasteiger partial charge in [-0.25, -0.2) is 0 Å². The van der Waals surface area contributed by atoms with Gasteiger partial charge in [0.15, 0.2) is 5.78 Å². The van der Waals surface area contributed by atoms with E-state index in [1.165, 1.54) is 0 Å². The fourth-order valence-electron chi connectivity index (χ4n) is 4.78. The highest BCUT2D eigenvalue weighted by molar-refractivity contribution is 6.13. The summed E-state index contributed by atoms with van der Waals surface area (Å²) in [6.45, 7) is 2.84. The van der Waals surface area contributed by atoms with Crippen molar-refractivity contribution in [3.8, 4) is 5.75 Å². The molecule has 0 amide bonds. The Labute approximate surface area is 188 Å². The second-order valence-corrected chi connectivity index (χ2v) is 8.43. The summed E-state index contributed by atoms with van der Waals surface area (Å²) in [5, 5.41) is 14.3. The van der Waals surface area contributed by atoms with E-state index in [4.69, 9.17) is 4.74 Å². The van der Waals surface area contributed by atoms with Crippen molar-refractivity contribution >= 4 is 16.6 Å². The fraction of sp³-hybridized carbons (Fsp3) is 0.207. The lowest BCUT2D eigenvalue weighted by molar-refractivity contribution is 0.0723. The van der Waals surface area contributed by atoms with Crippen molar-refractivity contribution < 1.29 is 14.6 Å². The number of unbranched alkanes of at least 4 members (excludes halogenated alkanes) is 1. The topological polar surface area (TPSA) is 46.5 Å². The van der Waals surface area contributed by atoms with Crippen LogP contribution in [-0.2, 0) is 12.0 Å². The third kappa shape index (κ3) is 3.30. The molecule has 1 N–H and O–H groups in total. The number of benzene rings is 4. The molecule has 0 fully saturated rings. The first-order valence-electron chi connectivity index (χ1n) is 11.2. The average Bonchev–Trinajstić information content (AvgIpc) is 2.84. The highest BCUT2D eigenvalue weighted by Crippen LogP contribution is 2.43. The first kappa shape index (κ1) is 20.5. The Morgan fingerprint density at radius 1 is 0.781 bits per heavy atom. The summed E-state index contributed by atoms with van der Waals surface area (Å²) in [5.41, 5.74) is 2.18. The molecule has 0 unspecified atom stereocenters. The zero-order valence-electron chi connectivity index (χ0n) is 18.2. The molecule has 160 valence electrons. The molecule has 0 aromatic heterocycles. The number of hydrogen-bond donors (Lipinski definition) is 1. The molecule has 0 saturated carbocycles. The molecule has 3 heteroatoms. The predicted octanol–water partition coefficient (Wildman–Crippen LogP) is 6.04. The predicted molar refractivity (Wildman–Crippen MR) is 127 cm³/mol. The van der Waals surface area contributed by atoms with Gasteiger partial charge in [0.25, 0.3) is 0 Å². The lowest BCUT2D eigenvalue weighted by atomic mass is 9.71. The quantitative estimate of drug-likeness (QED) is 0.385. The highest BCUT2D eigenvalue weighted by Gasteiger charge is 2.42. The zero-order valence-corrected chi connectivity index (χ0v) is 18.2. The van der Waals surface area contributed by atoms with Gasteiger partial charge in [-0.05, 0) is 34.6 Å². The minimum atomic E-state index is -1.30. The highest BCUT2D eigenvalue weighted by atomic mass is 16.5. The Morgan fingerprint density at radius 2 is 1.38 bits per heavy atom. The van der Waals surface area contributed by atoms with Gasteiger partial charge >= 0.3 is 0 Å². The number of ketones is 1. The standard InChI is InChI=1S/C29H26O3/c1-2-3-18-32-27-17-16-20(21-10-4-5-11-22(21)27)19-29(31)25-14-8-6-12-23(25)28(30)24-13-7-9-15-26(24)29/h4-17,31H,2-3,18-19H2,1H3. The SMILES string of the molecule is CCCCOc1ccc(CC2(O)c3ccccc3C(=O)c3ccccc32)c2ccccc12. The van der Waals surface area contributed by atoms with Crippen LogP contribution in [0.4, 0.5) is 0 Å². The number of ether oxygens (including phenoxy) is 1. The van der Waals surface area contributed by atoms with Gasteiger partial charge in [0.2, 0.25) is 0 Å². The molecular formula is C29H26O3. The summed E-state index contributed by atoms with van der Waals surface area (Å²) in [7, 11) is 0. The van der Waals surface area contributed by atoms with E-state index in [0.29, 0.717) is 35.3 Å². The van der Waals surface area contributed by atoms with Crippen molar-refractivity contribution in [1.82, 2.24) is 0 Å². The van der Waals surface area contributed by atoms with E-state index < -0.39 is 5.60 Å². The first-order valence-corrected chi connectivity index (χ1v) is 11.2. The van der Waals surface area contributed by atoms with Crippen LogP contribution in [0.5, 0.6) is 5.75 Å². The van der Waals surface area contributed by atoms with Crippen LogP contribution >= 0.6 is 0 Å². The van der Waals surface area contributed by atoms with Gasteiger partial charge in [0, 0.05) is 22.9 Å². The monoisotopic (exact) mass is 422 g/mol. The van der Waals surface area contributed by atoms with Gasteiger partial charge in [0.1, 0.15) is 11.4 Å². The van der Waals surface area contributed by atoms with Gasteiger partial charge < -0.3 is 9.84 Å². The lowest BCUT2D eigenvalue weighted by Crippen LogP contribution is -2.37. The van der Waals surface area contributed by atoms with E-state index in [9.17, 15) is 9.90 Å². The molecule has 0 bridgehead atoms. The van der Waals surface area contributed by atoms with Crippen LogP contribution in [0.1, 0.15) is 52.4 Å². The minimum Gasteiger partial charge on any atom is -0.493 e. The lowest BCUT2D eigenvalue weighted by Gasteiger charge is -2.36. The molecule has 0 spiro atoms. The number of aliphatic hydroxyl groups is 1. The molecular weight excluding hydrogens is 396 g/mol. The minimum absolute atomic E-state index is 0.0367. The smallest absolute Gasteiger partial charge is 0.193 e. The van der Waals surface area contributed by atoms with Gasteiger partial charge in [-0.3, -0.25) is 4.79 Å². The largest absolute Gasteiger partial charge is 0.493 e. The second kappa shape index (κ2) is 8.25.